The third kappa shape index (κ3) is 3.36. The lowest BCUT2D eigenvalue weighted by molar-refractivity contribution is -0.140. The molecule has 0 saturated heterocycles. The van der Waals surface area contributed by atoms with Crippen LogP contribution in [0.3, 0.4) is 0 Å². The highest BCUT2D eigenvalue weighted by Gasteiger charge is 2.33. The van der Waals surface area contributed by atoms with E-state index in [1.54, 1.807) is 0 Å². The third-order valence-electron chi connectivity index (χ3n) is 2.22. The first-order valence-corrected chi connectivity index (χ1v) is 4.63. The van der Waals surface area contributed by atoms with Crippen molar-refractivity contribution in [3.05, 3.63) is 35.1 Å². The average Bonchev–Trinajstić information content (AvgIpc) is 2.22. The number of halogens is 6. The van der Waals surface area contributed by atoms with Gasteiger partial charge in [-0.1, -0.05) is 6.07 Å². The van der Waals surface area contributed by atoms with Crippen LogP contribution in [0.5, 0.6) is 0 Å². The van der Waals surface area contributed by atoms with Crippen LogP contribution in [0.25, 0.3) is 0 Å². The fourth-order valence-corrected chi connectivity index (χ4v) is 1.41. The van der Waals surface area contributed by atoms with Crippen molar-refractivity contribution >= 4 is 0 Å². The van der Waals surface area contributed by atoms with Crippen molar-refractivity contribution in [3.8, 4) is 0 Å². The predicted molar refractivity (Wildman–Crippen MR) is 48.8 cm³/mol. The Morgan fingerprint density at radius 2 is 1.71 bits per heavy atom. The summed E-state index contributed by atoms with van der Waals surface area (Å²) in [6.07, 6.45) is -5.91. The van der Waals surface area contributed by atoms with Gasteiger partial charge in [0.2, 0.25) is 0 Å². The van der Waals surface area contributed by atoms with E-state index in [0.717, 1.165) is 6.07 Å². The number of alkyl halides is 3. The summed E-state index contributed by atoms with van der Waals surface area (Å²) in [6.45, 7) is 0. The van der Waals surface area contributed by atoms with Crippen molar-refractivity contribution in [2.75, 3.05) is 7.05 Å². The highest BCUT2D eigenvalue weighted by atomic mass is 19.4. The van der Waals surface area contributed by atoms with Crippen LogP contribution in [0, 0.1) is 17.5 Å². The van der Waals surface area contributed by atoms with Crippen LogP contribution in [0.4, 0.5) is 26.3 Å². The highest BCUT2D eigenvalue weighted by Crippen LogP contribution is 2.31. The largest absolute Gasteiger partial charge is 0.390 e. The normalized spacial score (nSPS) is 13.8. The Hall–Kier alpha value is -1.24. The maximum Gasteiger partial charge on any atom is 0.390 e. The summed E-state index contributed by atoms with van der Waals surface area (Å²) in [4.78, 5) is 0. The molecule has 0 saturated carbocycles. The first kappa shape index (κ1) is 13.8. The number of hydrogen-bond acceptors (Lipinski definition) is 1. The van der Waals surface area contributed by atoms with Crippen LogP contribution < -0.4 is 5.32 Å². The Kier molecular flexibility index (Phi) is 4.03. The van der Waals surface area contributed by atoms with Crippen molar-refractivity contribution in [1.82, 2.24) is 5.32 Å². The topological polar surface area (TPSA) is 12.0 Å². The molecule has 0 aromatic heterocycles. The average molecular weight is 257 g/mol. The molecule has 0 aliphatic rings. The van der Waals surface area contributed by atoms with Crippen LogP contribution in [0.1, 0.15) is 18.0 Å². The second kappa shape index (κ2) is 4.95. The lowest BCUT2D eigenvalue weighted by atomic mass is 10.0. The molecule has 7 heteroatoms. The molecule has 0 bridgehead atoms. The minimum absolute atomic E-state index is 0.552. The molecule has 1 atom stereocenters. The molecule has 1 N–H and O–H groups in total. The van der Waals surface area contributed by atoms with E-state index in [2.05, 4.69) is 5.32 Å². The zero-order chi connectivity index (χ0) is 13.2. The Bertz CT molecular complexity index is 401. The number of rotatable bonds is 3. The molecule has 1 rings (SSSR count). The van der Waals surface area contributed by atoms with Gasteiger partial charge in [0.25, 0.3) is 0 Å². The predicted octanol–water partition coefficient (Wildman–Crippen LogP) is 3.32. The van der Waals surface area contributed by atoms with Gasteiger partial charge >= 0.3 is 6.18 Å². The van der Waals surface area contributed by atoms with Gasteiger partial charge < -0.3 is 5.32 Å². The van der Waals surface area contributed by atoms with E-state index in [0.29, 0.717) is 6.07 Å². The lowest BCUT2D eigenvalue weighted by Gasteiger charge is -2.19. The Labute approximate surface area is 93.4 Å². The SMILES string of the molecule is CNC(CC(F)(F)F)c1ccc(F)c(F)c1F. The summed E-state index contributed by atoms with van der Waals surface area (Å²) < 4.78 is 75.2. The number of hydrogen-bond donors (Lipinski definition) is 1. The quantitative estimate of drug-likeness (QED) is 0.647. The van der Waals surface area contributed by atoms with E-state index >= 15 is 0 Å². The van der Waals surface area contributed by atoms with E-state index in [1.807, 2.05) is 0 Å². The van der Waals surface area contributed by atoms with Gasteiger partial charge in [0.15, 0.2) is 17.5 Å². The molecule has 0 spiro atoms. The zero-order valence-electron chi connectivity index (χ0n) is 8.71. The first-order valence-electron chi connectivity index (χ1n) is 4.63. The standard InChI is InChI=1S/C10H9F6N/c1-17-7(4-10(14,15)16)5-2-3-6(11)9(13)8(5)12/h2-3,7,17H,4H2,1H3. The minimum Gasteiger partial charge on any atom is -0.313 e. The molecule has 0 radical (unpaired) electrons. The van der Waals surface area contributed by atoms with Crippen molar-refractivity contribution < 1.29 is 26.3 Å². The van der Waals surface area contributed by atoms with Gasteiger partial charge in [-0.3, -0.25) is 0 Å². The van der Waals surface area contributed by atoms with Crippen LogP contribution in [0.2, 0.25) is 0 Å². The van der Waals surface area contributed by atoms with E-state index in [4.69, 9.17) is 0 Å². The van der Waals surface area contributed by atoms with Gasteiger partial charge in [-0.15, -0.1) is 0 Å². The maximum absolute atomic E-state index is 13.3. The second-order valence-electron chi connectivity index (χ2n) is 3.43. The smallest absolute Gasteiger partial charge is 0.313 e. The van der Waals surface area contributed by atoms with E-state index in [9.17, 15) is 26.3 Å². The van der Waals surface area contributed by atoms with Crippen LogP contribution in [0.15, 0.2) is 12.1 Å². The molecule has 0 aliphatic carbocycles. The molecule has 1 aromatic rings. The maximum atomic E-state index is 13.3. The summed E-state index contributed by atoms with van der Waals surface area (Å²) in [7, 11) is 1.18. The highest BCUT2D eigenvalue weighted by molar-refractivity contribution is 5.23. The molecular formula is C10H9F6N. The molecule has 0 heterocycles. The van der Waals surface area contributed by atoms with Gasteiger partial charge in [0.05, 0.1) is 6.42 Å². The first-order chi connectivity index (χ1) is 7.76. The Balaban J connectivity index is 3.09. The summed E-state index contributed by atoms with van der Waals surface area (Å²) >= 11 is 0. The molecule has 96 valence electrons. The molecule has 1 nitrogen and oxygen atoms in total. The number of nitrogens with one attached hydrogen (secondary N) is 1. The monoisotopic (exact) mass is 257 g/mol. The third-order valence-corrected chi connectivity index (χ3v) is 2.22. The summed E-state index contributed by atoms with van der Waals surface area (Å²) in [5.74, 6) is -4.81. The fourth-order valence-electron chi connectivity index (χ4n) is 1.41. The van der Waals surface area contributed by atoms with Crippen LogP contribution in [-0.4, -0.2) is 13.2 Å². The van der Waals surface area contributed by atoms with Gasteiger partial charge in [-0.05, 0) is 13.1 Å². The van der Waals surface area contributed by atoms with Gasteiger partial charge in [0.1, 0.15) is 0 Å². The van der Waals surface area contributed by atoms with Crippen molar-refractivity contribution in [2.45, 2.75) is 18.6 Å². The molecule has 1 unspecified atom stereocenters. The second-order valence-corrected chi connectivity index (χ2v) is 3.43. The molecular weight excluding hydrogens is 248 g/mol. The summed E-state index contributed by atoms with van der Waals surface area (Å²) in [5.41, 5.74) is -0.552. The zero-order valence-corrected chi connectivity index (χ0v) is 8.71. The molecule has 0 aliphatic heterocycles. The van der Waals surface area contributed by atoms with Crippen LogP contribution >= 0.6 is 0 Å². The van der Waals surface area contributed by atoms with Crippen LogP contribution in [-0.2, 0) is 0 Å². The Morgan fingerprint density at radius 1 is 1.12 bits per heavy atom. The van der Waals surface area contributed by atoms with E-state index in [1.165, 1.54) is 7.05 Å². The van der Waals surface area contributed by atoms with Gasteiger partial charge in [-0.25, -0.2) is 13.2 Å². The minimum atomic E-state index is -4.54. The lowest BCUT2D eigenvalue weighted by Crippen LogP contribution is -2.25. The van der Waals surface area contributed by atoms with E-state index in [-0.39, 0.29) is 0 Å². The number of benzene rings is 1. The van der Waals surface area contributed by atoms with Gasteiger partial charge in [0, 0.05) is 11.6 Å². The molecule has 0 fully saturated rings. The van der Waals surface area contributed by atoms with Crippen molar-refractivity contribution in [1.29, 1.82) is 0 Å². The fraction of sp³-hybridized carbons (Fsp3) is 0.400. The van der Waals surface area contributed by atoms with Crippen molar-refractivity contribution in [2.24, 2.45) is 0 Å². The van der Waals surface area contributed by atoms with Crippen molar-refractivity contribution in [3.63, 3.8) is 0 Å². The van der Waals surface area contributed by atoms with E-state index < -0.39 is 41.7 Å². The molecule has 1 aromatic carbocycles. The Morgan fingerprint density at radius 3 is 2.18 bits per heavy atom. The summed E-state index contributed by atoms with van der Waals surface area (Å²) in [6, 6.07) is -0.0696. The van der Waals surface area contributed by atoms with Gasteiger partial charge in [-0.2, -0.15) is 13.2 Å². The molecule has 17 heavy (non-hydrogen) atoms. The summed E-state index contributed by atoms with van der Waals surface area (Å²) in [5, 5.41) is 2.21. The molecule has 0 amide bonds.